The maximum atomic E-state index is 11.6. The summed E-state index contributed by atoms with van der Waals surface area (Å²) in [6.45, 7) is 3.36. The number of carbonyl (C=O) groups is 2. The van der Waals surface area contributed by atoms with Crippen LogP contribution in [0.1, 0.15) is 38.2 Å². The van der Waals surface area contributed by atoms with Crippen molar-refractivity contribution in [3.63, 3.8) is 0 Å². The molecule has 1 aromatic heterocycles. The summed E-state index contributed by atoms with van der Waals surface area (Å²) in [5, 5.41) is 2.79. The normalized spacial score (nSPS) is 10.6. The second kappa shape index (κ2) is 11.4. The first-order valence-electron chi connectivity index (χ1n) is 7.60. The fourth-order valence-electron chi connectivity index (χ4n) is 1.68. The number of hydrogen-bond donors (Lipinski definition) is 3. The molecule has 1 aromatic rings. The second-order valence-electron chi connectivity index (χ2n) is 4.84. The molecule has 0 aromatic carbocycles. The van der Waals surface area contributed by atoms with Gasteiger partial charge in [-0.25, -0.2) is 5.43 Å². The van der Waals surface area contributed by atoms with Crippen LogP contribution < -0.4 is 16.2 Å². The number of unbranched alkanes of at least 4 members (excludes halogenated alkanes) is 1. The topological polar surface area (TPSA) is 83.1 Å². The summed E-state index contributed by atoms with van der Waals surface area (Å²) in [6.07, 6.45) is 9.52. The fourth-order valence-corrected chi connectivity index (χ4v) is 1.68. The van der Waals surface area contributed by atoms with E-state index in [2.05, 4.69) is 21.2 Å². The van der Waals surface area contributed by atoms with Gasteiger partial charge in [-0.2, -0.15) is 0 Å². The predicted molar refractivity (Wildman–Crippen MR) is 86.6 cm³/mol. The zero-order chi connectivity index (χ0) is 16.0. The predicted octanol–water partition coefficient (Wildman–Crippen LogP) is 1.41. The lowest BCUT2D eigenvalue weighted by molar-refractivity contribution is -0.122. The number of aromatic nitrogens is 1. The van der Waals surface area contributed by atoms with Crippen molar-refractivity contribution in [1.29, 1.82) is 0 Å². The zero-order valence-electron chi connectivity index (χ0n) is 13.0. The van der Waals surface area contributed by atoms with Crippen LogP contribution in [0, 0.1) is 0 Å². The van der Waals surface area contributed by atoms with E-state index in [1.165, 1.54) is 6.08 Å². The summed E-state index contributed by atoms with van der Waals surface area (Å²) in [4.78, 5) is 26.9. The molecule has 0 aliphatic carbocycles. The van der Waals surface area contributed by atoms with Crippen LogP contribution in [0.5, 0.6) is 0 Å². The first-order valence-corrected chi connectivity index (χ1v) is 7.60. The van der Waals surface area contributed by atoms with Crippen LogP contribution in [0.4, 0.5) is 0 Å². The number of pyridine rings is 1. The number of nitrogens with zero attached hydrogens (tertiary/aromatic N) is 1. The molecule has 0 aliphatic heterocycles. The number of nitrogens with one attached hydrogen (secondary N) is 3. The molecule has 0 aliphatic rings. The molecule has 1 rings (SSSR count). The first-order chi connectivity index (χ1) is 10.7. The van der Waals surface area contributed by atoms with Crippen LogP contribution in [-0.2, 0) is 9.59 Å². The smallest absolute Gasteiger partial charge is 0.243 e. The summed E-state index contributed by atoms with van der Waals surface area (Å²) in [5.41, 5.74) is 6.35. The van der Waals surface area contributed by atoms with Gasteiger partial charge in [0.15, 0.2) is 0 Å². The number of hydrogen-bond acceptors (Lipinski definition) is 4. The highest BCUT2D eigenvalue weighted by Gasteiger charge is 2.00. The van der Waals surface area contributed by atoms with Crippen molar-refractivity contribution in [3.8, 4) is 0 Å². The van der Waals surface area contributed by atoms with E-state index in [-0.39, 0.29) is 11.8 Å². The quantitative estimate of drug-likeness (QED) is 0.347. The molecular formula is C16H24N4O2. The van der Waals surface area contributed by atoms with Gasteiger partial charge in [-0.15, -0.1) is 0 Å². The lowest BCUT2D eigenvalue weighted by atomic mass is 10.2. The van der Waals surface area contributed by atoms with Crippen molar-refractivity contribution in [1.82, 2.24) is 21.2 Å². The van der Waals surface area contributed by atoms with Gasteiger partial charge >= 0.3 is 0 Å². The van der Waals surface area contributed by atoms with Crippen LogP contribution in [0.3, 0.4) is 0 Å². The van der Waals surface area contributed by atoms with Crippen LogP contribution in [0.25, 0.3) is 6.08 Å². The molecule has 1 heterocycles. The minimum Gasteiger partial charge on any atom is -0.353 e. The summed E-state index contributed by atoms with van der Waals surface area (Å²) in [6, 6.07) is 3.69. The van der Waals surface area contributed by atoms with Crippen LogP contribution >= 0.6 is 0 Å². The van der Waals surface area contributed by atoms with Gasteiger partial charge in [0, 0.05) is 38.0 Å². The molecule has 6 heteroatoms. The standard InChI is InChI=1S/C16H24N4O2/c1-2-10-19-20-16(22)7-3-4-12-18-15(21)9-8-14-6-5-11-17-13-14/h5-6,8-9,11,13,19H,2-4,7,10,12H2,1H3,(H,18,21)(H,20,22)/b9-8+. The highest BCUT2D eigenvalue weighted by atomic mass is 16.2. The second-order valence-corrected chi connectivity index (χ2v) is 4.84. The Morgan fingerprint density at radius 3 is 2.86 bits per heavy atom. The number of rotatable bonds is 10. The minimum atomic E-state index is -0.141. The van der Waals surface area contributed by atoms with Crippen LogP contribution in [-0.4, -0.2) is 29.9 Å². The molecule has 22 heavy (non-hydrogen) atoms. The molecule has 0 saturated heterocycles. The van der Waals surface area contributed by atoms with E-state index in [1.807, 2.05) is 19.1 Å². The Morgan fingerprint density at radius 1 is 1.27 bits per heavy atom. The lowest BCUT2D eigenvalue weighted by Crippen LogP contribution is -2.37. The van der Waals surface area contributed by atoms with E-state index in [1.54, 1.807) is 18.5 Å². The Hall–Kier alpha value is -2.21. The monoisotopic (exact) mass is 304 g/mol. The molecule has 0 bridgehead atoms. The SMILES string of the molecule is CCCNNC(=O)CCCCNC(=O)/C=C/c1cccnc1. The van der Waals surface area contributed by atoms with E-state index in [4.69, 9.17) is 0 Å². The maximum absolute atomic E-state index is 11.6. The Labute approximate surface area is 131 Å². The summed E-state index contributed by atoms with van der Waals surface area (Å²) in [7, 11) is 0. The molecule has 0 saturated carbocycles. The zero-order valence-corrected chi connectivity index (χ0v) is 13.0. The Bertz CT molecular complexity index is 474. The summed E-state index contributed by atoms with van der Waals surface area (Å²) < 4.78 is 0. The van der Waals surface area contributed by atoms with Crippen molar-refractivity contribution in [2.24, 2.45) is 0 Å². The average Bonchev–Trinajstić information content (AvgIpc) is 2.54. The van der Waals surface area contributed by atoms with Crippen LogP contribution in [0.2, 0.25) is 0 Å². The van der Waals surface area contributed by atoms with Gasteiger partial charge in [0.25, 0.3) is 0 Å². The summed E-state index contributed by atoms with van der Waals surface area (Å²) in [5.74, 6) is -0.158. The Balaban J connectivity index is 2.05. The van der Waals surface area contributed by atoms with Gasteiger partial charge in [-0.05, 0) is 37.0 Å². The van der Waals surface area contributed by atoms with Gasteiger partial charge < -0.3 is 5.32 Å². The molecule has 0 radical (unpaired) electrons. The van der Waals surface area contributed by atoms with E-state index in [9.17, 15) is 9.59 Å². The largest absolute Gasteiger partial charge is 0.353 e. The van der Waals surface area contributed by atoms with Crippen molar-refractivity contribution < 1.29 is 9.59 Å². The maximum Gasteiger partial charge on any atom is 0.243 e. The molecule has 0 fully saturated rings. The average molecular weight is 304 g/mol. The van der Waals surface area contributed by atoms with E-state index in [0.717, 1.165) is 31.4 Å². The van der Waals surface area contributed by atoms with Crippen molar-refractivity contribution in [2.45, 2.75) is 32.6 Å². The number of hydrazine groups is 1. The highest BCUT2D eigenvalue weighted by Crippen LogP contribution is 1.98. The Morgan fingerprint density at radius 2 is 2.14 bits per heavy atom. The highest BCUT2D eigenvalue weighted by molar-refractivity contribution is 5.91. The third kappa shape index (κ3) is 8.86. The van der Waals surface area contributed by atoms with Crippen molar-refractivity contribution >= 4 is 17.9 Å². The third-order valence-electron chi connectivity index (χ3n) is 2.84. The molecule has 6 nitrogen and oxygen atoms in total. The molecule has 2 amide bonds. The molecule has 0 atom stereocenters. The van der Waals surface area contributed by atoms with Crippen molar-refractivity contribution in [2.75, 3.05) is 13.1 Å². The number of carbonyl (C=O) groups excluding carboxylic acids is 2. The van der Waals surface area contributed by atoms with Gasteiger partial charge in [0.2, 0.25) is 11.8 Å². The van der Waals surface area contributed by atoms with Gasteiger partial charge in [0.1, 0.15) is 0 Å². The van der Waals surface area contributed by atoms with Gasteiger partial charge in [0.05, 0.1) is 0 Å². The van der Waals surface area contributed by atoms with E-state index in [0.29, 0.717) is 13.0 Å². The molecule has 0 unspecified atom stereocenters. The first kappa shape index (κ1) is 17.8. The molecule has 120 valence electrons. The lowest BCUT2D eigenvalue weighted by Gasteiger charge is -2.06. The minimum absolute atomic E-state index is 0.0174. The van der Waals surface area contributed by atoms with Gasteiger partial charge in [-0.3, -0.25) is 20.0 Å². The fraction of sp³-hybridized carbons (Fsp3) is 0.438. The van der Waals surface area contributed by atoms with Crippen molar-refractivity contribution in [3.05, 3.63) is 36.2 Å². The summed E-state index contributed by atoms with van der Waals surface area (Å²) >= 11 is 0. The van der Waals surface area contributed by atoms with Crippen LogP contribution in [0.15, 0.2) is 30.6 Å². The van der Waals surface area contributed by atoms with Gasteiger partial charge in [-0.1, -0.05) is 13.0 Å². The molecule has 0 spiro atoms. The molecular weight excluding hydrogens is 280 g/mol. The van der Waals surface area contributed by atoms with E-state index < -0.39 is 0 Å². The Kier molecular flexibility index (Phi) is 9.28. The van der Waals surface area contributed by atoms with E-state index >= 15 is 0 Å². The third-order valence-corrected chi connectivity index (χ3v) is 2.84. The number of amides is 2. The molecule has 3 N–H and O–H groups in total.